The number of amides is 2. The highest BCUT2D eigenvalue weighted by Gasteiger charge is 2.45. The van der Waals surface area contributed by atoms with Crippen molar-refractivity contribution in [3.8, 4) is 11.1 Å². The highest BCUT2D eigenvalue weighted by atomic mass is 16.2. The minimum absolute atomic E-state index is 0.00737. The van der Waals surface area contributed by atoms with Crippen LogP contribution in [0, 0.1) is 5.41 Å². The summed E-state index contributed by atoms with van der Waals surface area (Å²) in [5.74, 6) is 0.0615. The highest BCUT2D eigenvalue weighted by molar-refractivity contribution is 5.86. The van der Waals surface area contributed by atoms with Crippen molar-refractivity contribution in [2.45, 2.75) is 19.3 Å². The molecule has 1 atom stereocenters. The maximum absolute atomic E-state index is 13.1. The van der Waals surface area contributed by atoms with Crippen molar-refractivity contribution in [3.63, 3.8) is 0 Å². The lowest BCUT2D eigenvalue weighted by atomic mass is 9.78. The van der Waals surface area contributed by atoms with E-state index in [9.17, 15) is 9.59 Å². The molecule has 2 amide bonds. The molecule has 1 fully saturated rings. The van der Waals surface area contributed by atoms with E-state index in [1.54, 1.807) is 19.4 Å². The zero-order chi connectivity index (χ0) is 21.7. The third-order valence-electron chi connectivity index (χ3n) is 6.15. The van der Waals surface area contributed by atoms with Gasteiger partial charge in [0.05, 0.1) is 11.8 Å². The zero-order valence-electron chi connectivity index (χ0n) is 17.8. The van der Waals surface area contributed by atoms with Crippen molar-refractivity contribution in [3.05, 3.63) is 90.3 Å². The Balaban J connectivity index is 1.58. The van der Waals surface area contributed by atoms with E-state index < -0.39 is 5.41 Å². The fraction of sp³-hybridized carbons (Fsp3) is 0.269. The van der Waals surface area contributed by atoms with E-state index in [0.29, 0.717) is 32.4 Å². The lowest BCUT2D eigenvalue weighted by molar-refractivity contribution is -0.132. The Kier molecular flexibility index (Phi) is 6.12. The molecule has 3 aromatic rings. The van der Waals surface area contributed by atoms with E-state index >= 15 is 0 Å². The zero-order valence-corrected chi connectivity index (χ0v) is 17.8. The first-order chi connectivity index (χ1) is 15.1. The molecule has 0 radical (unpaired) electrons. The summed E-state index contributed by atoms with van der Waals surface area (Å²) in [6, 6.07) is 21.9. The van der Waals surface area contributed by atoms with Gasteiger partial charge in [0.15, 0.2) is 0 Å². The highest BCUT2D eigenvalue weighted by Crippen LogP contribution is 2.37. The lowest BCUT2D eigenvalue weighted by Crippen LogP contribution is -2.44. The van der Waals surface area contributed by atoms with Crippen LogP contribution in [0.5, 0.6) is 0 Å². The SMILES string of the molecule is CNC(=O)[C@@]1(Cc2ccccc2-c2ccncc2)CCN(C(=O)Cc2ccccc2)C1. The van der Waals surface area contributed by atoms with Gasteiger partial charge in [0, 0.05) is 32.5 Å². The second-order valence-electron chi connectivity index (χ2n) is 8.16. The number of hydrogen-bond acceptors (Lipinski definition) is 3. The van der Waals surface area contributed by atoms with Crippen LogP contribution < -0.4 is 5.32 Å². The van der Waals surface area contributed by atoms with E-state index in [4.69, 9.17) is 0 Å². The van der Waals surface area contributed by atoms with Gasteiger partial charge in [-0.15, -0.1) is 0 Å². The molecule has 1 aliphatic rings. The predicted octanol–water partition coefficient (Wildman–Crippen LogP) is 3.50. The maximum Gasteiger partial charge on any atom is 0.228 e. The minimum Gasteiger partial charge on any atom is -0.359 e. The van der Waals surface area contributed by atoms with Gasteiger partial charge in [-0.1, -0.05) is 54.6 Å². The summed E-state index contributed by atoms with van der Waals surface area (Å²) in [6.45, 7) is 1.03. The summed E-state index contributed by atoms with van der Waals surface area (Å²) >= 11 is 0. The fourth-order valence-electron chi connectivity index (χ4n) is 4.49. The Labute approximate surface area is 183 Å². The first-order valence-corrected chi connectivity index (χ1v) is 10.6. The lowest BCUT2D eigenvalue weighted by Gasteiger charge is -2.28. The third-order valence-corrected chi connectivity index (χ3v) is 6.15. The van der Waals surface area contributed by atoms with Gasteiger partial charge in [0.25, 0.3) is 0 Å². The Morgan fingerprint density at radius 1 is 1.00 bits per heavy atom. The van der Waals surface area contributed by atoms with Crippen molar-refractivity contribution >= 4 is 11.8 Å². The second kappa shape index (κ2) is 9.13. The molecule has 1 N–H and O–H groups in total. The van der Waals surface area contributed by atoms with Crippen LogP contribution in [-0.2, 0) is 22.4 Å². The number of benzene rings is 2. The smallest absolute Gasteiger partial charge is 0.228 e. The van der Waals surface area contributed by atoms with E-state index in [1.807, 2.05) is 59.5 Å². The van der Waals surface area contributed by atoms with Crippen molar-refractivity contribution in [2.24, 2.45) is 5.41 Å². The van der Waals surface area contributed by atoms with Gasteiger partial charge in [-0.05, 0) is 47.2 Å². The van der Waals surface area contributed by atoms with Gasteiger partial charge in [-0.3, -0.25) is 14.6 Å². The van der Waals surface area contributed by atoms with Gasteiger partial charge in [0.1, 0.15) is 0 Å². The Hall–Kier alpha value is -3.47. The average Bonchev–Trinajstić information content (AvgIpc) is 3.25. The number of nitrogens with one attached hydrogen (secondary N) is 1. The Morgan fingerprint density at radius 3 is 2.45 bits per heavy atom. The van der Waals surface area contributed by atoms with Gasteiger partial charge >= 0.3 is 0 Å². The molecule has 1 aliphatic heterocycles. The molecule has 0 unspecified atom stereocenters. The monoisotopic (exact) mass is 413 g/mol. The molecule has 2 heterocycles. The number of carbonyl (C=O) groups excluding carboxylic acids is 2. The molecule has 0 spiro atoms. The molecule has 5 nitrogen and oxygen atoms in total. The molecule has 5 heteroatoms. The van der Waals surface area contributed by atoms with Crippen molar-refractivity contribution in [1.29, 1.82) is 0 Å². The van der Waals surface area contributed by atoms with Crippen LogP contribution in [0.4, 0.5) is 0 Å². The number of pyridine rings is 1. The first kappa shape index (κ1) is 20.8. The van der Waals surface area contributed by atoms with Gasteiger partial charge in [-0.25, -0.2) is 0 Å². The molecule has 31 heavy (non-hydrogen) atoms. The van der Waals surface area contributed by atoms with E-state index in [0.717, 1.165) is 22.3 Å². The third kappa shape index (κ3) is 4.50. The number of hydrogen-bond donors (Lipinski definition) is 1. The van der Waals surface area contributed by atoms with Crippen LogP contribution in [0.15, 0.2) is 79.1 Å². The summed E-state index contributed by atoms with van der Waals surface area (Å²) in [4.78, 5) is 32.0. The van der Waals surface area contributed by atoms with Gasteiger partial charge < -0.3 is 10.2 Å². The number of aromatic nitrogens is 1. The van der Waals surface area contributed by atoms with Crippen LogP contribution >= 0.6 is 0 Å². The predicted molar refractivity (Wildman–Crippen MR) is 121 cm³/mol. The summed E-state index contributed by atoms with van der Waals surface area (Å²) in [5, 5.41) is 2.85. The van der Waals surface area contributed by atoms with Gasteiger partial charge in [-0.2, -0.15) is 0 Å². The normalized spacial score (nSPS) is 18.0. The number of rotatable bonds is 6. The van der Waals surface area contributed by atoms with E-state index in [1.165, 1.54) is 0 Å². The molecular weight excluding hydrogens is 386 g/mol. The molecule has 4 rings (SSSR count). The topological polar surface area (TPSA) is 62.3 Å². The number of carbonyl (C=O) groups is 2. The summed E-state index contributed by atoms with van der Waals surface area (Å²) in [6.07, 6.45) is 5.15. The van der Waals surface area contributed by atoms with Crippen molar-refractivity contribution < 1.29 is 9.59 Å². The molecule has 0 bridgehead atoms. The Bertz CT molecular complexity index is 1050. The van der Waals surface area contributed by atoms with Crippen LogP contribution in [-0.4, -0.2) is 41.8 Å². The first-order valence-electron chi connectivity index (χ1n) is 10.6. The summed E-state index contributed by atoms with van der Waals surface area (Å²) in [5.41, 5.74) is 3.64. The molecule has 158 valence electrons. The number of nitrogens with zero attached hydrogens (tertiary/aromatic N) is 2. The van der Waals surface area contributed by atoms with Gasteiger partial charge in [0.2, 0.25) is 11.8 Å². The fourth-order valence-corrected chi connectivity index (χ4v) is 4.49. The summed E-state index contributed by atoms with van der Waals surface area (Å²) in [7, 11) is 1.67. The van der Waals surface area contributed by atoms with E-state index in [-0.39, 0.29) is 11.8 Å². The quantitative estimate of drug-likeness (QED) is 0.673. The summed E-state index contributed by atoms with van der Waals surface area (Å²) < 4.78 is 0. The van der Waals surface area contributed by atoms with Crippen LogP contribution in [0.25, 0.3) is 11.1 Å². The molecule has 1 aromatic heterocycles. The molecule has 1 saturated heterocycles. The van der Waals surface area contributed by atoms with Crippen molar-refractivity contribution in [1.82, 2.24) is 15.2 Å². The molecular formula is C26H27N3O2. The van der Waals surface area contributed by atoms with Crippen LogP contribution in [0.3, 0.4) is 0 Å². The maximum atomic E-state index is 13.1. The van der Waals surface area contributed by atoms with Crippen LogP contribution in [0.2, 0.25) is 0 Å². The largest absolute Gasteiger partial charge is 0.359 e. The standard InChI is InChI=1S/C26H27N3O2/c1-27-25(31)26(13-16-29(19-26)24(30)17-20-7-3-2-4-8-20)18-22-9-5-6-10-23(22)21-11-14-28-15-12-21/h2-12,14-15H,13,16-19H2,1H3,(H,27,31)/t26-/m1/s1. The Morgan fingerprint density at radius 2 is 1.71 bits per heavy atom. The van der Waals surface area contributed by atoms with E-state index in [2.05, 4.69) is 22.4 Å². The molecule has 0 aliphatic carbocycles. The second-order valence-corrected chi connectivity index (χ2v) is 8.16. The van der Waals surface area contributed by atoms with Crippen LogP contribution in [0.1, 0.15) is 17.5 Å². The number of likely N-dealkylation sites (tertiary alicyclic amines) is 1. The van der Waals surface area contributed by atoms with Crippen molar-refractivity contribution in [2.75, 3.05) is 20.1 Å². The average molecular weight is 414 g/mol. The minimum atomic E-state index is -0.635. The molecule has 2 aromatic carbocycles. The molecule has 0 saturated carbocycles.